The van der Waals surface area contributed by atoms with Crippen LogP contribution in [0.25, 0.3) is 0 Å². The van der Waals surface area contributed by atoms with Gasteiger partial charge in [0.25, 0.3) is 0 Å². The van der Waals surface area contributed by atoms with Gasteiger partial charge in [0, 0.05) is 13.7 Å². The highest BCUT2D eigenvalue weighted by molar-refractivity contribution is 7.89. The summed E-state index contributed by atoms with van der Waals surface area (Å²) in [6.07, 6.45) is -0.0658. The van der Waals surface area contributed by atoms with Crippen LogP contribution in [0.3, 0.4) is 0 Å². The molecule has 0 spiro atoms. The Hall–Kier alpha value is -0.170. The van der Waals surface area contributed by atoms with Crippen molar-refractivity contribution in [1.82, 2.24) is 4.72 Å². The Kier molecular flexibility index (Phi) is 7.08. The fourth-order valence-electron chi connectivity index (χ4n) is 0.793. The molecular formula is C9H21NO4S. The van der Waals surface area contributed by atoms with E-state index in [1.807, 2.05) is 13.8 Å². The van der Waals surface area contributed by atoms with Crippen molar-refractivity contribution >= 4 is 10.0 Å². The summed E-state index contributed by atoms with van der Waals surface area (Å²) >= 11 is 0. The zero-order chi connectivity index (χ0) is 11.9. The van der Waals surface area contributed by atoms with Gasteiger partial charge in [0.05, 0.1) is 24.6 Å². The Morgan fingerprint density at radius 3 is 2.33 bits per heavy atom. The van der Waals surface area contributed by atoms with Crippen LogP contribution >= 0.6 is 0 Å². The second kappa shape index (κ2) is 7.16. The Morgan fingerprint density at radius 1 is 1.27 bits per heavy atom. The van der Waals surface area contributed by atoms with E-state index in [-0.39, 0.29) is 24.6 Å². The van der Waals surface area contributed by atoms with Crippen molar-refractivity contribution in [2.45, 2.75) is 33.0 Å². The lowest BCUT2D eigenvalue weighted by atomic mass is 10.4. The maximum atomic E-state index is 11.4. The summed E-state index contributed by atoms with van der Waals surface area (Å²) < 4.78 is 35.3. The predicted molar refractivity (Wildman–Crippen MR) is 59.3 cm³/mol. The first-order valence-corrected chi connectivity index (χ1v) is 6.64. The summed E-state index contributed by atoms with van der Waals surface area (Å²) in [4.78, 5) is 0. The molecule has 0 aromatic rings. The van der Waals surface area contributed by atoms with Crippen LogP contribution in [0.15, 0.2) is 0 Å². The number of methoxy groups -OCH3 is 1. The van der Waals surface area contributed by atoms with Crippen molar-refractivity contribution in [3.8, 4) is 0 Å². The summed E-state index contributed by atoms with van der Waals surface area (Å²) in [5.74, 6) is -0.0123. The number of ether oxygens (including phenoxy) is 2. The molecule has 0 rings (SSSR count). The molecule has 0 aliphatic carbocycles. The van der Waals surface area contributed by atoms with Gasteiger partial charge in [-0.3, -0.25) is 0 Å². The van der Waals surface area contributed by atoms with Crippen molar-refractivity contribution < 1.29 is 17.9 Å². The number of rotatable bonds is 8. The van der Waals surface area contributed by atoms with Crippen molar-refractivity contribution in [1.29, 1.82) is 0 Å². The van der Waals surface area contributed by atoms with Gasteiger partial charge in [0.1, 0.15) is 0 Å². The van der Waals surface area contributed by atoms with Gasteiger partial charge in [-0.25, -0.2) is 13.1 Å². The van der Waals surface area contributed by atoms with Crippen LogP contribution in [0.5, 0.6) is 0 Å². The van der Waals surface area contributed by atoms with Crippen LogP contribution in [0.1, 0.15) is 20.8 Å². The van der Waals surface area contributed by atoms with Crippen LogP contribution in [-0.2, 0) is 19.5 Å². The molecule has 0 saturated carbocycles. The molecule has 0 amide bonds. The van der Waals surface area contributed by atoms with Gasteiger partial charge in [-0.1, -0.05) is 0 Å². The van der Waals surface area contributed by atoms with E-state index in [0.717, 1.165) is 0 Å². The van der Waals surface area contributed by atoms with E-state index in [0.29, 0.717) is 6.54 Å². The third kappa shape index (κ3) is 8.80. The van der Waals surface area contributed by atoms with Gasteiger partial charge in [0.2, 0.25) is 10.0 Å². The molecule has 1 unspecified atom stereocenters. The number of hydrogen-bond acceptors (Lipinski definition) is 4. The molecule has 5 nitrogen and oxygen atoms in total. The SMILES string of the molecule is COC(C)CNS(=O)(=O)CCOC(C)C. The maximum absolute atomic E-state index is 11.4. The molecule has 0 aliphatic heterocycles. The van der Waals surface area contributed by atoms with Crippen LogP contribution in [0.4, 0.5) is 0 Å². The van der Waals surface area contributed by atoms with Gasteiger partial charge >= 0.3 is 0 Å². The van der Waals surface area contributed by atoms with Crippen molar-refractivity contribution in [3.05, 3.63) is 0 Å². The highest BCUT2D eigenvalue weighted by Gasteiger charge is 2.11. The van der Waals surface area contributed by atoms with Crippen LogP contribution < -0.4 is 4.72 Å². The Bertz CT molecular complexity index is 251. The van der Waals surface area contributed by atoms with Gasteiger partial charge in [-0.2, -0.15) is 0 Å². The second-order valence-electron chi connectivity index (χ2n) is 3.63. The molecule has 92 valence electrons. The Morgan fingerprint density at radius 2 is 1.87 bits per heavy atom. The average molecular weight is 239 g/mol. The van der Waals surface area contributed by atoms with Crippen LogP contribution in [-0.4, -0.2) is 46.6 Å². The Balaban J connectivity index is 3.78. The van der Waals surface area contributed by atoms with E-state index in [9.17, 15) is 8.42 Å². The summed E-state index contributed by atoms with van der Waals surface area (Å²) in [5.41, 5.74) is 0. The highest BCUT2D eigenvalue weighted by Crippen LogP contribution is 1.92. The Labute approximate surface area is 92.2 Å². The molecule has 0 saturated heterocycles. The van der Waals surface area contributed by atoms with Gasteiger partial charge in [0.15, 0.2) is 0 Å². The molecule has 0 bridgehead atoms. The standard InChI is InChI=1S/C9H21NO4S/c1-8(2)14-5-6-15(11,12)10-7-9(3)13-4/h8-10H,5-7H2,1-4H3. The minimum atomic E-state index is -3.24. The van der Waals surface area contributed by atoms with Gasteiger partial charge in [-0.15, -0.1) is 0 Å². The third-order valence-electron chi connectivity index (χ3n) is 1.80. The molecule has 6 heteroatoms. The highest BCUT2D eigenvalue weighted by atomic mass is 32.2. The van der Waals surface area contributed by atoms with Crippen LogP contribution in [0, 0.1) is 0 Å². The third-order valence-corrected chi connectivity index (χ3v) is 3.11. The maximum Gasteiger partial charge on any atom is 0.213 e. The summed E-state index contributed by atoms with van der Waals surface area (Å²) in [5, 5.41) is 0. The molecule has 0 heterocycles. The smallest absolute Gasteiger partial charge is 0.213 e. The van der Waals surface area contributed by atoms with Crippen molar-refractivity contribution in [2.75, 3.05) is 26.0 Å². The first-order chi connectivity index (χ1) is 6.87. The van der Waals surface area contributed by atoms with E-state index in [4.69, 9.17) is 9.47 Å². The molecule has 0 aromatic heterocycles. The van der Waals surface area contributed by atoms with E-state index in [1.165, 1.54) is 0 Å². The average Bonchev–Trinajstić information content (AvgIpc) is 2.13. The molecule has 1 N–H and O–H groups in total. The molecule has 15 heavy (non-hydrogen) atoms. The first-order valence-electron chi connectivity index (χ1n) is 4.99. The van der Waals surface area contributed by atoms with Crippen molar-refractivity contribution in [2.24, 2.45) is 0 Å². The topological polar surface area (TPSA) is 64.6 Å². The van der Waals surface area contributed by atoms with Crippen LogP contribution in [0.2, 0.25) is 0 Å². The summed E-state index contributed by atoms with van der Waals surface area (Å²) in [6.45, 7) is 6.04. The minimum Gasteiger partial charge on any atom is -0.380 e. The number of nitrogens with one attached hydrogen (secondary N) is 1. The molecule has 1 atom stereocenters. The van der Waals surface area contributed by atoms with Gasteiger partial charge < -0.3 is 9.47 Å². The summed E-state index contributed by atoms with van der Waals surface area (Å²) in [7, 11) is -1.69. The monoisotopic (exact) mass is 239 g/mol. The van der Waals surface area contributed by atoms with E-state index >= 15 is 0 Å². The lowest BCUT2D eigenvalue weighted by Crippen LogP contribution is -2.34. The molecule has 0 fully saturated rings. The lowest BCUT2D eigenvalue weighted by molar-refractivity contribution is 0.0909. The zero-order valence-electron chi connectivity index (χ0n) is 9.82. The predicted octanol–water partition coefficient (Wildman–Crippen LogP) is 0.366. The molecule has 0 aliphatic rings. The normalized spacial score (nSPS) is 14.5. The van der Waals surface area contributed by atoms with E-state index < -0.39 is 10.0 Å². The number of hydrogen-bond donors (Lipinski definition) is 1. The van der Waals surface area contributed by atoms with E-state index in [1.54, 1.807) is 14.0 Å². The second-order valence-corrected chi connectivity index (χ2v) is 5.56. The lowest BCUT2D eigenvalue weighted by Gasteiger charge is -2.12. The van der Waals surface area contributed by atoms with E-state index in [2.05, 4.69) is 4.72 Å². The zero-order valence-corrected chi connectivity index (χ0v) is 10.6. The largest absolute Gasteiger partial charge is 0.380 e. The quantitative estimate of drug-likeness (QED) is 0.664. The van der Waals surface area contributed by atoms with Gasteiger partial charge in [-0.05, 0) is 20.8 Å². The minimum absolute atomic E-state index is 0.0123. The fourth-order valence-corrected chi connectivity index (χ4v) is 1.74. The first kappa shape index (κ1) is 14.8. The molecule has 0 radical (unpaired) electrons. The number of sulfonamides is 1. The van der Waals surface area contributed by atoms with Crippen molar-refractivity contribution in [3.63, 3.8) is 0 Å². The molecular weight excluding hydrogens is 218 g/mol. The summed E-state index contributed by atoms with van der Waals surface area (Å²) in [6, 6.07) is 0. The fraction of sp³-hybridized carbons (Fsp3) is 1.00. The molecule has 0 aromatic carbocycles.